The first-order valence-electron chi connectivity index (χ1n) is 9.87. The van der Waals surface area contributed by atoms with Crippen LogP contribution >= 0.6 is 0 Å². The third kappa shape index (κ3) is 5.09. The van der Waals surface area contributed by atoms with Gasteiger partial charge in [0.2, 0.25) is 0 Å². The highest BCUT2D eigenvalue weighted by Crippen LogP contribution is 2.37. The number of carbonyl (C=O) groups excluding carboxylic acids is 2. The maximum absolute atomic E-state index is 12.7. The maximum Gasteiger partial charge on any atom is 0.339 e. The molecule has 190 valence electrons. The number of hydrogen-bond donors (Lipinski definition) is 8. The molecule has 5 atom stereocenters. The summed E-state index contributed by atoms with van der Waals surface area (Å²) in [7, 11) is 1.13. The summed E-state index contributed by atoms with van der Waals surface area (Å²) in [6, 6.07) is 3.09. The molecule has 0 amide bonds. The Kier molecular flexibility index (Phi) is 7.40. The fourth-order valence-corrected chi connectivity index (χ4v) is 3.32. The van der Waals surface area contributed by atoms with E-state index in [1.807, 2.05) is 0 Å². The van der Waals surface area contributed by atoms with Crippen molar-refractivity contribution in [3.63, 3.8) is 0 Å². The second-order valence-electron chi connectivity index (χ2n) is 7.42. The Hall–Kier alpha value is -3.98. The zero-order valence-electron chi connectivity index (χ0n) is 17.9. The molecule has 0 unspecified atom stereocenters. The van der Waals surface area contributed by atoms with Gasteiger partial charge in [0.15, 0.2) is 53.0 Å². The summed E-state index contributed by atoms with van der Waals surface area (Å²) in [6.07, 6.45) is -8.02. The Balaban J connectivity index is 1.93. The number of carbonyl (C=O) groups is 2. The van der Waals surface area contributed by atoms with Gasteiger partial charge in [-0.25, -0.2) is 9.59 Å². The molecule has 8 N–H and O–H groups in total. The number of rotatable bonds is 6. The van der Waals surface area contributed by atoms with E-state index in [-0.39, 0.29) is 0 Å². The number of phenolic OH excluding ortho intramolecular Hbond substituents is 6. The number of aliphatic hydroxyl groups excluding tert-OH is 2. The molecule has 2 aromatic carbocycles. The van der Waals surface area contributed by atoms with Crippen molar-refractivity contribution >= 4 is 11.9 Å². The molecule has 0 aromatic heterocycles. The number of aliphatic hydroxyl groups is 2. The highest BCUT2D eigenvalue weighted by molar-refractivity contribution is 5.92. The first kappa shape index (κ1) is 25.6. The van der Waals surface area contributed by atoms with E-state index in [0.29, 0.717) is 0 Å². The molecule has 14 heteroatoms. The lowest BCUT2D eigenvalue weighted by Crippen LogP contribution is -2.61. The Morgan fingerprint density at radius 1 is 0.800 bits per heavy atom. The van der Waals surface area contributed by atoms with Crippen LogP contribution in [0.25, 0.3) is 0 Å². The molecule has 3 rings (SSSR count). The van der Waals surface area contributed by atoms with Crippen molar-refractivity contribution in [1.82, 2.24) is 0 Å². The number of methoxy groups -OCH3 is 1. The quantitative estimate of drug-likeness (QED) is 0.183. The van der Waals surface area contributed by atoms with Crippen molar-refractivity contribution in [2.75, 3.05) is 13.7 Å². The molecule has 2 aromatic rings. The van der Waals surface area contributed by atoms with Crippen LogP contribution in [0.4, 0.5) is 0 Å². The van der Waals surface area contributed by atoms with Gasteiger partial charge < -0.3 is 59.8 Å². The Labute approximate surface area is 196 Å². The topological polar surface area (TPSA) is 233 Å². The number of esters is 2. The largest absolute Gasteiger partial charge is 0.504 e. The summed E-state index contributed by atoms with van der Waals surface area (Å²) in [5.41, 5.74) is -0.894. The Morgan fingerprint density at radius 3 is 1.57 bits per heavy atom. The Bertz CT molecular complexity index is 1070. The molecule has 0 spiro atoms. The number of hydrogen-bond acceptors (Lipinski definition) is 14. The first-order valence-corrected chi connectivity index (χ1v) is 9.87. The van der Waals surface area contributed by atoms with E-state index in [1.54, 1.807) is 0 Å². The number of ether oxygens (including phenoxy) is 4. The van der Waals surface area contributed by atoms with Crippen molar-refractivity contribution in [1.29, 1.82) is 0 Å². The lowest BCUT2D eigenvalue weighted by Gasteiger charge is -2.42. The number of phenols is 6. The second-order valence-corrected chi connectivity index (χ2v) is 7.42. The van der Waals surface area contributed by atoms with Gasteiger partial charge in [-0.15, -0.1) is 0 Å². The minimum Gasteiger partial charge on any atom is -0.504 e. The van der Waals surface area contributed by atoms with Gasteiger partial charge in [-0.05, 0) is 24.3 Å². The Morgan fingerprint density at radius 2 is 1.20 bits per heavy atom. The SMILES string of the molecule is CO[C@@H]1O[C@H](CO)[C@@H](O)[C@H](OC(=O)c2cc(O)c(O)c(O)c2)[C@H]1OC(=O)c1cc(O)c(O)c(O)c1. The van der Waals surface area contributed by atoms with E-state index in [0.717, 1.165) is 31.4 Å². The summed E-state index contributed by atoms with van der Waals surface area (Å²) in [5.74, 6) is -7.60. The standard InChI is InChI=1S/C21H22O14/c1-32-21-18(35-20(31)8-4-11(25)15(28)12(26)5-8)17(16(29)13(6-22)33-21)34-19(30)7-2-9(23)14(27)10(24)3-7/h2-5,13,16-18,21-29H,6H2,1H3/t13-,16-,17+,18-,21-/m1/s1. The van der Waals surface area contributed by atoms with Crippen LogP contribution in [0.15, 0.2) is 24.3 Å². The average Bonchev–Trinajstić information content (AvgIpc) is 2.82. The summed E-state index contributed by atoms with van der Waals surface area (Å²) in [6.45, 7) is -0.754. The third-order valence-electron chi connectivity index (χ3n) is 5.13. The third-order valence-corrected chi connectivity index (χ3v) is 5.13. The van der Waals surface area contributed by atoms with Crippen molar-refractivity contribution in [2.24, 2.45) is 0 Å². The minimum absolute atomic E-state index is 0.440. The van der Waals surface area contributed by atoms with Gasteiger partial charge in [-0.2, -0.15) is 0 Å². The van der Waals surface area contributed by atoms with Crippen molar-refractivity contribution in [2.45, 2.75) is 30.7 Å². The van der Waals surface area contributed by atoms with Crippen molar-refractivity contribution in [3.05, 3.63) is 35.4 Å². The molecule has 0 bridgehead atoms. The van der Waals surface area contributed by atoms with E-state index >= 15 is 0 Å². The van der Waals surface area contributed by atoms with E-state index < -0.39 is 94.9 Å². The van der Waals surface area contributed by atoms with Gasteiger partial charge in [0, 0.05) is 7.11 Å². The monoisotopic (exact) mass is 498 g/mol. The molecule has 14 nitrogen and oxygen atoms in total. The molecule has 35 heavy (non-hydrogen) atoms. The van der Waals surface area contributed by atoms with Crippen LogP contribution in [0, 0.1) is 0 Å². The predicted molar refractivity (Wildman–Crippen MR) is 110 cm³/mol. The average molecular weight is 498 g/mol. The summed E-state index contributed by atoms with van der Waals surface area (Å²) >= 11 is 0. The summed E-state index contributed by atoms with van der Waals surface area (Å²) in [4.78, 5) is 25.4. The molecule has 1 heterocycles. The molecular formula is C21H22O14. The van der Waals surface area contributed by atoms with Crippen LogP contribution in [0.2, 0.25) is 0 Å². The normalized spacial score (nSPS) is 24.0. The van der Waals surface area contributed by atoms with E-state index in [1.165, 1.54) is 0 Å². The van der Waals surface area contributed by atoms with Crippen LogP contribution in [0.3, 0.4) is 0 Å². The first-order chi connectivity index (χ1) is 16.5. The van der Waals surface area contributed by atoms with Crippen LogP contribution in [0.5, 0.6) is 34.5 Å². The van der Waals surface area contributed by atoms with Gasteiger partial charge in [-0.3, -0.25) is 0 Å². The molecule has 1 saturated heterocycles. The molecule has 0 saturated carbocycles. The number of aromatic hydroxyl groups is 6. The fraction of sp³-hybridized carbons (Fsp3) is 0.333. The molecular weight excluding hydrogens is 476 g/mol. The molecule has 1 fully saturated rings. The predicted octanol–water partition coefficient (Wildman–Crippen LogP) is -0.604. The van der Waals surface area contributed by atoms with E-state index in [9.17, 15) is 50.4 Å². The maximum atomic E-state index is 12.7. The molecule has 1 aliphatic heterocycles. The smallest absolute Gasteiger partial charge is 0.339 e. The van der Waals surface area contributed by atoms with Crippen LogP contribution in [0.1, 0.15) is 20.7 Å². The van der Waals surface area contributed by atoms with Crippen LogP contribution in [-0.2, 0) is 18.9 Å². The lowest BCUT2D eigenvalue weighted by molar-refractivity contribution is -0.292. The zero-order valence-corrected chi connectivity index (χ0v) is 17.9. The van der Waals surface area contributed by atoms with E-state index in [4.69, 9.17) is 18.9 Å². The zero-order chi connectivity index (χ0) is 26.0. The van der Waals surface area contributed by atoms with Gasteiger partial charge in [0.25, 0.3) is 0 Å². The van der Waals surface area contributed by atoms with Gasteiger partial charge in [0.05, 0.1) is 17.7 Å². The second kappa shape index (κ2) is 10.1. The molecule has 0 radical (unpaired) electrons. The van der Waals surface area contributed by atoms with Gasteiger partial charge in [-0.1, -0.05) is 0 Å². The number of benzene rings is 2. The van der Waals surface area contributed by atoms with Crippen LogP contribution in [-0.4, -0.2) is 97.2 Å². The minimum atomic E-state index is -1.77. The lowest BCUT2D eigenvalue weighted by atomic mass is 9.98. The molecule has 0 aliphatic carbocycles. The summed E-state index contributed by atoms with van der Waals surface area (Å²) in [5, 5.41) is 77.6. The highest BCUT2D eigenvalue weighted by atomic mass is 16.7. The highest BCUT2D eigenvalue weighted by Gasteiger charge is 2.50. The summed E-state index contributed by atoms with van der Waals surface area (Å²) < 4.78 is 20.9. The van der Waals surface area contributed by atoms with E-state index in [2.05, 4.69) is 0 Å². The van der Waals surface area contributed by atoms with Gasteiger partial charge >= 0.3 is 11.9 Å². The van der Waals surface area contributed by atoms with Crippen molar-refractivity contribution < 1.29 is 69.4 Å². The molecule has 1 aliphatic rings. The van der Waals surface area contributed by atoms with Gasteiger partial charge in [0.1, 0.15) is 12.2 Å². The van der Waals surface area contributed by atoms with Crippen molar-refractivity contribution in [3.8, 4) is 34.5 Å². The van der Waals surface area contributed by atoms with Crippen LogP contribution < -0.4 is 0 Å². The fourth-order valence-electron chi connectivity index (χ4n) is 3.32.